The van der Waals surface area contributed by atoms with E-state index in [0.717, 1.165) is 6.42 Å². The number of nitrogens with one attached hydrogen (secondary N) is 1. The van der Waals surface area contributed by atoms with Crippen LogP contribution in [0.15, 0.2) is 18.3 Å². The van der Waals surface area contributed by atoms with Crippen molar-refractivity contribution < 1.29 is 0 Å². The van der Waals surface area contributed by atoms with Crippen molar-refractivity contribution in [1.82, 2.24) is 4.98 Å². The van der Waals surface area contributed by atoms with Crippen LogP contribution in [0, 0.1) is 23.7 Å². The summed E-state index contributed by atoms with van der Waals surface area (Å²) in [5.41, 5.74) is 0.600. The van der Waals surface area contributed by atoms with Gasteiger partial charge in [0.15, 0.2) is 0 Å². The Morgan fingerprint density at radius 3 is 3.07 bits per heavy atom. The number of rotatable bonds is 4. The quantitative estimate of drug-likeness (QED) is 0.756. The number of terminal acetylenes is 1. The van der Waals surface area contributed by atoms with E-state index in [9.17, 15) is 0 Å². The van der Waals surface area contributed by atoms with Crippen LogP contribution in [-0.4, -0.2) is 11.0 Å². The molecule has 1 rings (SSSR count). The Hall–Kier alpha value is -2.00. The third-order valence-corrected chi connectivity index (χ3v) is 2.10. The van der Waals surface area contributed by atoms with Gasteiger partial charge in [-0.25, -0.2) is 4.98 Å². The minimum atomic E-state index is 0.219. The molecule has 3 nitrogen and oxygen atoms in total. The molecular weight excluding hydrogens is 186 g/mol. The van der Waals surface area contributed by atoms with Crippen molar-refractivity contribution in [3.05, 3.63) is 23.9 Å². The van der Waals surface area contributed by atoms with Gasteiger partial charge in [0.05, 0.1) is 11.6 Å². The van der Waals surface area contributed by atoms with E-state index in [1.165, 1.54) is 0 Å². The standard InChI is InChI=1S/C12H13N3/c1-3-5-11(4-2)15-12-8-10(9-13)6-7-14-12/h1,6-8,11H,4-5H2,2H3,(H,14,15). The van der Waals surface area contributed by atoms with Gasteiger partial charge in [0.2, 0.25) is 0 Å². The Kier molecular flexibility index (Phi) is 4.19. The zero-order valence-electron chi connectivity index (χ0n) is 8.70. The number of nitriles is 1. The molecule has 1 unspecified atom stereocenters. The Morgan fingerprint density at radius 1 is 1.67 bits per heavy atom. The molecule has 1 heterocycles. The smallest absolute Gasteiger partial charge is 0.127 e. The summed E-state index contributed by atoms with van der Waals surface area (Å²) in [6, 6.07) is 5.68. The molecule has 0 bridgehead atoms. The van der Waals surface area contributed by atoms with Gasteiger partial charge in [0.25, 0.3) is 0 Å². The summed E-state index contributed by atoms with van der Waals surface area (Å²) in [6.07, 6.45) is 8.46. The number of aromatic nitrogens is 1. The normalized spacial score (nSPS) is 11.1. The highest BCUT2D eigenvalue weighted by Crippen LogP contribution is 2.10. The van der Waals surface area contributed by atoms with Crippen LogP contribution in [0.2, 0.25) is 0 Å². The van der Waals surface area contributed by atoms with E-state index in [-0.39, 0.29) is 6.04 Å². The summed E-state index contributed by atoms with van der Waals surface area (Å²) in [6.45, 7) is 2.06. The number of nitrogens with zero attached hydrogens (tertiary/aromatic N) is 2. The van der Waals surface area contributed by atoms with E-state index in [1.54, 1.807) is 18.3 Å². The molecule has 0 aliphatic rings. The third kappa shape index (κ3) is 3.32. The van der Waals surface area contributed by atoms with Crippen LogP contribution < -0.4 is 5.32 Å². The molecule has 0 radical (unpaired) electrons. The first-order chi connectivity index (χ1) is 7.30. The Bertz CT molecular complexity index is 398. The second kappa shape index (κ2) is 5.67. The number of hydrogen-bond donors (Lipinski definition) is 1. The van der Waals surface area contributed by atoms with Gasteiger partial charge in [-0.15, -0.1) is 12.3 Å². The van der Waals surface area contributed by atoms with Gasteiger partial charge < -0.3 is 5.32 Å². The van der Waals surface area contributed by atoms with E-state index in [0.29, 0.717) is 17.8 Å². The summed E-state index contributed by atoms with van der Waals surface area (Å²) in [5, 5.41) is 11.9. The summed E-state index contributed by atoms with van der Waals surface area (Å²) in [7, 11) is 0. The Morgan fingerprint density at radius 2 is 2.47 bits per heavy atom. The molecular formula is C12H13N3. The molecule has 15 heavy (non-hydrogen) atoms. The first-order valence-corrected chi connectivity index (χ1v) is 4.86. The van der Waals surface area contributed by atoms with E-state index in [4.69, 9.17) is 11.7 Å². The van der Waals surface area contributed by atoms with Crippen LogP contribution >= 0.6 is 0 Å². The highest BCUT2D eigenvalue weighted by Gasteiger charge is 2.05. The molecule has 1 aromatic heterocycles. The molecule has 1 aromatic rings. The third-order valence-electron chi connectivity index (χ3n) is 2.10. The maximum Gasteiger partial charge on any atom is 0.127 e. The molecule has 0 aliphatic heterocycles. The highest BCUT2D eigenvalue weighted by molar-refractivity contribution is 5.43. The average molecular weight is 199 g/mol. The van der Waals surface area contributed by atoms with Crippen LogP contribution in [0.5, 0.6) is 0 Å². The van der Waals surface area contributed by atoms with Gasteiger partial charge in [0, 0.05) is 18.7 Å². The van der Waals surface area contributed by atoms with Crippen molar-refractivity contribution in [3.63, 3.8) is 0 Å². The van der Waals surface area contributed by atoms with Crippen molar-refractivity contribution in [1.29, 1.82) is 5.26 Å². The molecule has 0 spiro atoms. The molecule has 1 N–H and O–H groups in total. The minimum Gasteiger partial charge on any atom is -0.366 e. The van der Waals surface area contributed by atoms with Crippen molar-refractivity contribution >= 4 is 5.82 Å². The number of pyridine rings is 1. The summed E-state index contributed by atoms with van der Waals surface area (Å²) >= 11 is 0. The molecule has 1 atom stereocenters. The predicted molar refractivity (Wildman–Crippen MR) is 60.1 cm³/mol. The average Bonchev–Trinajstić information content (AvgIpc) is 2.29. The first-order valence-electron chi connectivity index (χ1n) is 4.86. The number of hydrogen-bond acceptors (Lipinski definition) is 3. The highest BCUT2D eigenvalue weighted by atomic mass is 15.0. The van der Waals surface area contributed by atoms with Crippen molar-refractivity contribution in [3.8, 4) is 18.4 Å². The van der Waals surface area contributed by atoms with E-state index in [2.05, 4.69) is 29.2 Å². The molecule has 0 fully saturated rings. The first kappa shape index (κ1) is 11.1. The van der Waals surface area contributed by atoms with E-state index < -0.39 is 0 Å². The van der Waals surface area contributed by atoms with Gasteiger partial charge in [0.1, 0.15) is 5.82 Å². The maximum absolute atomic E-state index is 8.72. The molecule has 3 heteroatoms. The van der Waals surface area contributed by atoms with Crippen LogP contribution in [0.3, 0.4) is 0 Å². The molecule has 0 saturated carbocycles. The lowest BCUT2D eigenvalue weighted by Crippen LogP contribution is -2.18. The topological polar surface area (TPSA) is 48.7 Å². The SMILES string of the molecule is C#CCC(CC)Nc1cc(C#N)ccn1. The monoisotopic (exact) mass is 199 g/mol. The van der Waals surface area contributed by atoms with Crippen molar-refractivity contribution in [2.75, 3.05) is 5.32 Å². The Balaban J connectivity index is 2.72. The zero-order valence-corrected chi connectivity index (χ0v) is 8.70. The lowest BCUT2D eigenvalue weighted by Gasteiger charge is -2.14. The summed E-state index contributed by atoms with van der Waals surface area (Å²) in [5.74, 6) is 3.32. The van der Waals surface area contributed by atoms with Crippen molar-refractivity contribution in [2.45, 2.75) is 25.8 Å². The maximum atomic E-state index is 8.72. The van der Waals surface area contributed by atoms with E-state index >= 15 is 0 Å². The molecule has 0 saturated heterocycles. The van der Waals surface area contributed by atoms with Gasteiger partial charge in [-0.2, -0.15) is 5.26 Å². The lowest BCUT2D eigenvalue weighted by molar-refractivity contribution is 0.711. The van der Waals surface area contributed by atoms with Crippen molar-refractivity contribution in [2.24, 2.45) is 0 Å². The van der Waals surface area contributed by atoms with Gasteiger partial charge in [-0.1, -0.05) is 6.92 Å². The summed E-state index contributed by atoms with van der Waals surface area (Å²) < 4.78 is 0. The minimum absolute atomic E-state index is 0.219. The molecule has 0 aromatic carbocycles. The predicted octanol–water partition coefficient (Wildman–Crippen LogP) is 2.17. The molecule has 0 aliphatic carbocycles. The fourth-order valence-corrected chi connectivity index (χ4v) is 1.23. The molecule has 0 amide bonds. The van der Waals surface area contributed by atoms with Crippen LogP contribution in [0.25, 0.3) is 0 Å². The van der Waals surface area contributed by atoms with Crippen LogP contribution in [0.4, 0.5) is 5.82 Å². The van der Waals surface area contributed by atoms with Crippen LogP contribution in [-0.2, 0) is 0 Å². The lowest BCUT2D eigenvalue weighted by atomic mass is 10.1. The zero-order chi connectivity index (χ0) is 11.1. The van der Waals surface area contributed by atoms with Gasteiger partial charge >= 0.3 is 0 Å². The number of anilines is 1. The largest absolute Gasteiger partial charge is 0.366 e. The van der Waals surface area contributed by atoms with E-state index in [1.807, 2.05) is 0 Å². The second-order valence-corrected chi connectivity index (χ2v) is 3.20. The van der Waals surface area contributed by atoms with Gasteiger partial charge in [-0.3, -0.25) is 0 Å². The summed E-state index contributed by atoms with van der Waals surface area (Å²) in [4.78, 5) is 4.13. The second-order valence-electron chi connectivity index (χ2n) is 3.20. The Labute approximate surface area is 90.1 Å². The molecule has 76 valence electrons. The van der Waals surface area contributed by atoms with Gasteiger partial charge in [-0.05, 0) is 18.6 Å². The van der Waals surface area contributed by atoms with Crippen LogP contribution in [0.1, 0.15) is 25.3 Å². The fourth-order valence-electron chi connectivity index (χ4n) is 1.23. The fraction of sp³-hybridized carbons (Fsp3) is 0.333.